The lowest BCUT2D eigenvalue weighted by atomic mass is 10.0. The Balaban J connectivity index is 0.000000309. The van der Waals surface area contributed by atoms with Gasteiger partial charge in [0.05, 0.1) is 5.52 Å². The third-order valence-electron chi connectivity index (χ3n) is 5.78. The second-order valence-corrected chi connectivity index (χ2v) is 10.7. The van der Waals surface area contributed by atoms with Crippen molar-refractivity contribution < 1.29 is 43.8 Å². The number of oxime groups is 1. The fourth-order valence-electron chi connectivity index (χ4n) is 3.99. The first-order valence-electron chi connectivity index (χ1n) is 12.3. The summed E-state index contributed by atoms with van der Waals surface area (Å²) in [7, 11) is 1.25. The van der Waals surface area contributed by atoms with Gasteiger partial charge in [0, 0.05) is 35.2 Å². The van der Waals surface area contributed by atoms with Crippen molar-refractivity contribution in [2.45, 2.75) is 18.3 Å². The molecule has 2 aliphatic heterocycles. The highest BCUT2D eigenvalue weighted by Gasteiger charge is 2.54. The molecule has 19 heteroatoms. The number of nitrogen functional groups attached to an aromatic ring is 2. The van der Waals surface area contributed by atoms with Crippen LogP contribution in [0.2, 0.25) is 0 Å². The number of nitrogens with two attached hydrogens (primary N) is 3. The van der Waals surface area contributed by atoms with Gasteiger partial charge in [0.25, 0.3) is 11.8 Å². The smallest absolute Gasteiger partial charge is 0.402 e. The lowest BCUT2D eigenvalue weighted by Crippen LogP contribution is -2.71. The van der Waals surface area contributed by atoms with Crippen LogP contribution in [0.3, 0.4) is 0 Å². The quantitative estimate of drug-likeness (QED) is 0.0665. The molecule has 9 N–H and O–H groups in total. The number of nitrogens with zero attached hydrogens (tertiary/aromatic N) is 4. The first-order chi connectivity index (χ1) is 20.8. The number of amides is 3. The molecule has 0 radical (unpaired) electrons. The van der Waals surface area contributed by atoms with Crippen LogP contribution in [-0.4, -0.2) is 91.2 Å². The minimum Gasteiger partial charge on any atom is -0.477 e. The van der Waals surface area contributed by atoms with E-state index in [1.807, 2.05) is 36.5 Å². The molecule has 2 aliphatic rings. The van der Waals surface area contributed by atoms with E-state index in [2.05, 4.69) is 26.0 Å². The molecule has 0 spiro atoms. The second kappa shape index (κ2) is 14.7. The Bertz CT molecular complexity index is 1630. The average Bonchev–Trinajstić information content (AvgIpc) is 3.57. The summed E-state index contributed by atoms with van der Waals surface area (Å²) in [4.78, 5) is 66.6. The molecule has 3 aromatic rings. The fraction of sp³-hybridized carbons (Fsp3) is 0.240. The van der Waals surface area contributed by atoms with Crippen LogP contribution in [0.5, 0.6) is 0 Å². The number of aromatic nitrogens is 2. The molecule has 3 amide bonds. The maximum atomic E-state index is 12.7. The molecule has 0 aliphatic carbocycles. The van der Waals surface area contributed by atoms with Crippen LogP contribution in [0.25, 0.3) is 10.9 Å². The number of thioether (sulfide) groups is 1. The molecule has 2 atom stereocenters. The number of carbonyl (C=O) groups is 5. The molecule has 234 valence electrons. The van der Waals surface area contributed by atoms with Crippen molar-refractivity contribution >= 4 is 74.7 Å². The number of thiazole rings is 1. The maximum Gasteiger partial charge on any atom is 0.402 e. The number of rotatable bonds is 7. The van der Waals surface area contributed by atoms with Gasteiger partial charge >= 0.3 is 18.0 Å². The van der Waals surface area contributed by atoms with Crippen molar-refractivity contribution in [1.82, 2.24) is 19.9 Å². The molecule has 1 aromatic carbocycles. The van der Waals surface area contributed by atoms with Crippen LogP contribution < -0.4 is 22.6 Å². The number of esters is 1. The molecule has 0 bridgehead atoms. The third kappa shape index (κ3) is 7.95. The molecule has 0 unspecified atom stereocenters. The standard InChI is InChI=1S/C16H17N5O7S2.C8H8N2.CH3NO2/c1-6(22)28-3-7-4-29-14-10(13(24)21(14)11(7)15(25)26)19-12(23)9(20-27-2)8-5-30-16(17)18-8;9-10-6-5-7-3-1-2-4-8(7)10;2-1(3)4/h5,10,14H,3-4H2,1-2H3,(H2,17,18)(H,19,23)(H,25,26);1-6H,9H2;2H2,(H,3,4)/b20-9+;;/t10-,14-;;/m1../s1. The van der Waals surface area contributed by atoms with E-state index in [1.54, 1.807) is 4.68 Å². The van der Waals surface area contributed by atoms with Gasteiger partial charge in [-0.15, -0.1) is 23.1 Å². The number of carbonyl (C=O) groups excluding carboxylic acids is 3. The van der Waals surface area contributed by atoms with Gasteiger partial charge in [0.2, 0.25) is 0 Å². The molecular formula is C25H28N8O9S2. The normalized spacial score (nSPS) is 17.2. The van der Waals surface area contributed by atoms with Crippen LogP contribution >= 0.6 is 23.1 Å². The highest BCUT2D eigenvalue weighted by atomic mass is 32.2. The number of aliphatic carboxylic acids is 1. The number of hydrogen-bond acceptors (Lipinski definition) is 13. The molecule has 2 aromatic heterocycles. The van der Waals surface area contributed by atoms with E-state index >= 15 is 0 Å². The number of primary amides is 1. The number of anilines is 1. The Morgan fingerprint density at radius 2 is 1.89 bits per heavy atom. The van der Waals surface area contributed by atoms with E-state index in [-0.39, 0.29) is 34.6 Å². The summed E-state index contributed by atoms with van der Waals surface area (Å²) in [5.74, 6) is 2.61. The van der Waals surface area contributed by atoms with Gasteiger partial charge in [0.1, 0.15) is 36.5 Å². The van der Waals surface area contributed by atoms with Gasteiger partial charge in [-0.2, -0.15) is 0 Å². The van der Waals surface area contributed by atoms with Crippen LogP contribution in [-0.2, 0) is 28.8 Å². The Morgan fingerprint density at radius 3 is 2.45 bits per heavy atom. The molecule has 17 nitrogen and oxygen atoms in total. The van der Waals surface area contributed by atoms with E-state index < -0.39 is 41.3 Å². The van der Waals surface area contributed by atoms with Gasteiger partial charge in [-0.1, -0.05) is 23.4 Å². The summed E-state index contributed by atoms with van der Waals surface area (Å²) in [6.45, 7) is 0.975. The molecule has 1 fully saturated rings. The van der Waals surface area contributed by atoms with Crippen molar-refractivity contribution in [2.75, 3.05) is 31.0 Å². The van der Waals surface area contributed by atoms with E-state index in [4.69, 9.17) is 26.2 Å². The van der Waals surface area contributed by atoms with Crippen molar-refractivity contribution in [3.63, 3.8) is 0 Å². The van der Waals surface area contributed by atoms with Crippen molar-refractivity contribution in [2.24, 2.45) is 10.9 Å². The lowest BCUT2D eigenvalue weighted by molar-refractivity contribution is -0.150. The van der Waals surface area contributed by atoms with Gasteiger partial charge in [-0.25, -0.2) is 14.6 Å². The number of nitrogens with one attached hydrogen (secondary N) is 1. The van der Waals surface area contributed by atoms with E-state index in [0.29, 0.717) is 5.57 Å². The molecule has 1 saturated heterocycles. The van der Waals surface area contributed by atoms with Crippen molar-refractivity contribution in [3.8, 4) is 0 Å². The minimum atomic E-state index is -1.33. The number of ether oxygens (including phenoxy) is 1. The summed E-state index contributed by atoms with van der Waals surface area (Å²) < 4.78 is 6.50. The SMILES string of the molecule is CO/N=C(/C(=O)N[C@@H]1C(=O)N2C(C(=O)O)=C(COC(C)=O)CS[C@H]12)c1csc(N)n1.NC(=O)O.Nn1ccc2ccccc21. The summed E-state index contributed by atoms with van der Waals surface area (Å²) >= 11 is 2.35. The lowest BCUT2D eigenvalue weighted by Gasteiger charge is -2.49. The molecule has 4 heterocycles. The summed E-state index contributed by atoms with van der Waals surface area (Å²) in [6, 6.07) is 9.04. The highest BCUT2D eigenvalue weighted by Crippen LogP contribution is 2.40. The van der Waals surface area contributed by atoms with E-state index in [9.17, 15) is 24.3 Å². The van der Waals surface area contributed by atoms with Crippen LogP contribution in [0.1, 0.15) is 12.6 Å². The molecule has 44 heavy (non-hydrogen) atoms. The highest BCUT2D eigenvalue weighted by molar-refractivity contribution is 8.00. The maximum absolute atomic E-state index is 12.7. The van der Waals surface area contributed by atoms with Crippen molar-refractivity contribution in [3.05, 3.63) is 58.9 Å². The number of hydrogen-bond donors (Lipinski definition) is 6. The monoisotopic (exact) mass is 648 g/mol. The molecule has 5 rings (SSSR count). The Labute approximate surface area is 257 Å². The topological polar surface area (TPSA) is 268 Å². The Hall–Kier alpha value is -5.30. The van der Waals surface area contributed by atoms with Crippen LogP contribution in [0.4, 0.5) is 9.93 Å². The predicted octanol–water partition coefficient (Wildman–Crippen LogP) is 0.356. The van der Waals surface area contributed by atoms with E-state index in [1.165, 1.54) is 36.6 Å². The van der Waals surface area contributed by atoms with Gasteiger partial charge < -0.3 is 42.4 Å². The largest absolute Gasteiger partial charge is 0.477 e. The number of benzene rings is 1. The summed E-state index contributed by atoms with van der Waals surface area (Å²) in [6.07, 6.45) is 0.519. The summed E-state index contributed by atoms with van der Waals surface area (Å²) in [5.41, 5.74) is 10.8. The Kier molecular flexibility index (Phi) is 11.1. The predicted molar refractivity (Wildman–Crippen MR) is 161 cm³/mol. The average molecular weight is 649 g/mol. The third-order valence-corrected chi connectivity index (χ3v) is 7.79. The van der Waals surface area contributed by atoms with Crippen molar-refractivity contribution in [1.29, 1.82) is 0 Å². The van der Waals surface area contributed by atoms with Gasteiger partial charge in [0.15, 0.2) is 10.8 Å². The van der Waals surface area contributed by atoms with Gasteiger partial charge in [-0.3, -0.25) is 24.0 Å². The molecule has 0 saturated carbocycles. The number of carboxylic acids is 1. The number of β-lactam (4-membered cyclic amide) rings is 1. The summed E-state index contributed by atoms with van der Waals surface area (Å²) in [5, 5.41) is 25.2. The minimum absolute atomic E-state index is 0.165. The van der Waals surface area contributed by atoms with Crippen LogP contribution in [0, 0.1) is 0 Å². The zero-order valence-electron chi connectivity index (χ0n) is 23.2. The van der Waals surface area contributed by atoms with Gasteiger partial charge in [-0.05, 0) is 12.1 Å². The number of carboxylic acid groups (broad SMARTS) is 2. The first kappa shape index (κ1) is 33.2. The number of para-hydroxylation sites is 1. The zero-order chi connectivity index (χ0) is 32.6. The number of fused-ring (bicyclic) bond motifs is 2. The Morgan fingerprint density at radius 1 is 1.20 bits per heavy atom. The fourth-order valence-corrected chi connectivity index (χ4v) is 5.86. The molecular weight excluding hydrogens is 620 g/mol. The first-order valence-corrected chi connectivity index (χ1v) is 14.2. The second-order valence-electron chi connectivity index (χ2n) is 8.71. The zero-order valence-corrected chi connectivity index (χ0v) is 24.8. The van der Waals surface area contributed by atoms with E-state index in [0.717, 1.165) is 21.8 Å². The van der Waals surface area contributed by atoms with Crippen LogP contribution in [0.15, 0.2) is 58.3 Å².